The van der Waals surface area contributed by atoms with Gasteiger partial charge in [0.1, 0.15) is 17.9 Å². The maximum absolute atomic E-state index is 12.5. The number of anilines is 1. The zero-order valence-electron chi connectivity index (χ0n) is 14.1. The van der Waals surface area contributed by atoms with Gasteiger partial charge in [-0.2, -0.15) is 0 Å². The third kappa shape index (κ3) is 4.39. The van der Waals surface area contributed by atoms with Crippen molar-refractivity contribution in [3.63, 3.8) is 0 Å². The smallest absolute Gasteiger partial charge is 0.251 e. The van der Waals surface area contributed by atoms with Crippen LogP contribution >= 0.6 is 22.6 Å². The fourth-order valence-electron chi connectivity index (χ4n) is 2.98. The van der Waals surface area contributed by atoms with Crippen molar-refractivity contribution >= 4 is 34.3 Å². The van der Waals surface area contributed by atoms with Crippen LogP contribution in [0.5, 0.6) is 5.75 Å². The average molecular weight is 452 g/mol. The highest BCUT2D eigenvalue weighted by Crippen LogP contribution is 2.21. The number of carbonyl (C=O) groups excluding carboxylic acids is 1. The summed E-state index contributed by atoms with van der Waals surface area (Å²) in [4.78, 5) is 23.3. The largest absolute Gasteiger partial charge is 0.507 e. The molecule has 0 spiro atoms. The molecule has 132 valence electrons. The number of benzene rings is 1. The number of aromatic nitrogens is 2. The number of aryl methyl sites for hydroxylation is 1. The Morgan fingerprint density at radius 1 is 1.40 bits per heavy atom. The fraction of sp³-hybridized carbons (Fsp3) is 0.389. The number of carbonyl (C=O) groups is 1. The molecule has 1 aliphatic heterocycles. The summed E-state index contributed by atoms with van der Waals surface area (Å²) in [7, 11) is 0. The number of phenols is 1. The van der Waals surface area contributed by atoms with E-state index in [2.05, 4.69) is 27.1 Å². The van der Waals surface area contributed by atoms with Crippen molar-refractivity contribution < 1.29 is 9.90 Å². The molecule has 2 aromatic rings. The topological polar surface area (TPSA) is 78.4 Å². The molecule has 7 heteroatoms. The second-order valence-corrected chi connectivity index (χ2v) is 7.31. The number of hydrogen-bond donors (Lipinski definition) is 2. The average Bonchev–Trinajstić information content (AvgIpc) is 2.64. The molecule has 0 saturated carbocycles. The van der Waals surface area contributed by atoms with Crippen LogP contribution < -0.4 is 10.2 Å². The summed E-state index contributed by atoms with van der Waals surface area (Å²) in [6.07, 6.45) is 4.41. The number of aromatic hydroxyl groups is 1. The highest BCUT2D eigenvalue weighted by atomic mass is 127. The molecule has 2 N–H and O–H groups in total. The predicted molar refractivity (Wildman–Crippen MR) is 105 cm³/mol. The third-order valence-electron chi connectivity index (χ3n) is 4.36. The third-order valence-corrected chi connectivity index (χ3v) is 5.27. The van der Waals surface area contributed by atoms with Crippen molar-refractivity contribution in [3.8, 4) is 5.75 Å². The predicted octanol–water partition coefficient (Wildman–Crippen LogP) is 2.75. The monoisotopic (exact) mass is 452 g/mol. The second kappa shape index (κ2) is 7.99. The number of phenolic OH excluding ortho intramolecular Hbond substituents is 1. The van der Waals surface area contributed by atoms with Crippen LogP contribution in [0.15, 0.2) is 30.6 Å². The number of piperidine rings is 1. The Kier molecular flexibility index (Phi) is 5.72. The molecule has 1 aromatic carbocycles. The van der Waals surface area contributed by atoms with Gasteiger partial charge in [-0.05, 0) is 60.1 Å². The molecule has 2 heterocycles. The SMILES string of the molecule is CCc1cc(N2CCCC(NC(=O)c3ccc(I)c(O)c3)C2)ncn1. The van der Waals surface area contributed by atoms with Gasteiger partial charge in [-0.3, -0.25) is 4.79 Å². The van der Waals surface area contributed by atoms with Gasteiger partial charge in [-0.1, -0.05) is 6.92 Å². The molecule has 1 unspecified atom stereocenters. The summed E-state index contributed by atoms with van der Waals surface area (Å²) in [6.45, 7) is 3.72. The van der Waals surface area contributed by atoms with Crippen LogP contribution in [0.1, 0.15) is 35.8 Å². The number of nitrogens with zero attached hydrogens (tertiary/aromatic N) is 3. The molecule has 1 fully saturated rings. The van der Waals surface area contributed by atoms with E-state index in [4.69, 9.17) is 0 Å². The quantitative estimate of drug-likeness (QED) is 0.698. The van der Waals surface area contributed by atoms with Crippen LogP contribution in [0.4, 0.5) is 5.82 Å². The first-order valence-corrected chi connectivity index (χ1v) is 9.50. The highest BCUT2D eigenvalue weighted by Gasteiger charge is 2.23. The number of rotatable bonds is 4. The first kappa shape index (κ1) is 17.9. The van der Waals surface area contributed by atoms with Gasteiger partial charge in [0.2, 0.25) is 0 Å². The van der Waals surface area contributed by atoms with Crippen molar-refractivity contribution in [2.75, 3.05) is 18.0 Å². The van der Waals surface area contributed by atoms with E-state index in [1.807, 2.05) is 28.7 Å². The molecule has 1 amide bonds. The van der Waals surface area contributed by atoms with Crippen molar-refractivity contribution in [1.82, 2.24) is 15.3 Å². The number of hydrogen-bond acceptors (Lipinski definition) is 5. The van der Waals surface area contributed by atoms with Crippen LogP contribution in [-0.4, -0.2) is 40.1 Å². The van der Waals surface area contributed by atoms with Gasteiger partial charge < -0.3 is 15.3 Å². The number of halogens is 1. The molecule has 6 nitrogen and oxygen atoms in total. The van der Waals surface area contributed by atoms with Gasteiger partial charge >= 0.3 is 0 Å². The summed E-state index contributed by atoms with van der Waals surface area (Å²) < 4.78 is 0.730. The highest BCUT2D eigenvalue weighted by molar-refractivity contribution is 14.1. The Morgan fingerprint density at radius 3 is 3.00 bits per heavy atom. The lowest BCUT2D eigenvalue weighted by Crippen LogP contribution is -2.48. The lowest BCUT2D eigenvalue weighted by atomic mass is 10.0. The van der Waals surface area contributed by atoms with E-state index in [-0.39, 0.29) is 17.7 Å². The van der Waals surface area contributed by atoms with Crippen LogP contribution in [-0.2, 0) is 6.42 Å². The van der Waals surface area contributed by atoms with Crippen molar-refractivity contribution in [1.29, 1.82) is 0 Å². The Hall–Kier alpha value is -1.90. The maximum atomic E-state index is 12.5. The second-order valence-electron chi connectivity index (χ2n) is 6.15. The van der Waals surface area contributed by atoms with Gasteiger partial charge in [0.15, 0.2) is 0 Å². The molecule has 0 bridgehead atoms. The molecule has 0 radical (unpaired) electrons. The molecule has 1 saturated heterocycles. The zero-order valence-corrected chi connectivity index (χ0v) is 16.2. The van der Waals surface area contributed by atoms with Crippen LogP contribution in [0.2, 0.25) is 0 Å². The Bertz CT molecular complexity index is 768. The van der Waals surface area contributed by atoms with Crippen molar-refractivity contribution in [2.24, 2.45) is 0 Å². The van der Waals surface area contributed by atoms with Crippen molar-refractivity contribution in [3.05, 3.63) is 45.4 Å². The van der Waals surface area contributed by atoms with Gasteiger partial charge in [-0.15, -0.1) is 0 Å². The molecule has 0 aliphatic carbocycles. The Labute approximate surface area is 160 Å². The Balaban J connectivity index is 1.66. The lowest BCUT2D eigenvalue weighted by Gasteiger charge is -2.34. The molecule has 1 aromatic heterocycles. The summed E-state index contributed by atoms with van der Waals surface area (Å²) >= 11 is 2.03. The molecule has 3 rings (SSSR count). The minimum atomic E-state index is -0.157. The molecular formula is C18H21IN4O2. The van der Waals surface area contributed by atoms with E-state index >= 15 is 0 Å². The van der Waals surface area contributed by atoms with Gasteiger partial charge in [0, 0.05) is 36.5 Å². The molecule has 1 atom stereocenters. The fourth-order valence-corrected chi connectivity index (χ4v) is 3.31. The van der Waals surface area contributed by atoms with Gasteiger partial charge in [-0.25, -0.2) is 9.97 Å². The van der Waals surface area contributed by atoms with E-state index in [1.54, 1.807) is 18.5 Å². The molecular weight excluding hydrogens is 431 g/mol. The minimum Gasteiger partial charge on any atom is -0.507 e. The summed E-state index contributed by atoms with van der Waals surface area (Å²) in [5, 5.41) is 12.9. The Morgan fingerprint density at radius 2 is 2.24 bits per heavy atom. The van der Waals surface area contributed by atoms with E-state index in [0.717, 1.165) is 47.4 Å². The normalized spacial score (nSPS) is 17.4. The first-order chi connectivity index (χ1) is 12.1. The van der Waals surface area contributed by atoms with Crippen molar-refractivity contribution in [2.45, 2.75) is 32.2 Å². The minimum absolute atomic E-state index is 0.0581. The van der Waals surface area contributed by atoms with E-state index in [9.17, 15) is 9.90 Å². The van der Waals surface area contributed by atoms with Crippen LogP contribution in [0, 0.1) is 3.57 Å². The summed E-state index contributed by atoms with van der Waals surface area (Å²) in [5.74, 6) is 0.889. The van der Waals surface area contributed by atoms with Crippen LogP contribution in [0.25, 0.3) is 0 Å². The number of amides is 1. The van der Waals surface area contributed by atoms with Gasteiger partial charge in [0.05, 0.1) is 3.57 Å². The van der Waals surface area contributed by atoms with E-state index in [0.29, 0.717) is 5.56 Å². The zero-order chi connectivity index (χ0) is 17.8. The molecule has 25 heavy (non-hydrogen) atoms. The summed E-state index contributed by atoms with van der Waals surface area (Å²) in [5.41, 5.74) is 1.50. The summed E-state index contributed by atoms with van der Waals surface area (Å²) in [6, 6.07) is 7.06. The maximum Gasteiger partial charge on any atom is 0.251 e. The molecule has 1 aliphatic rings. The van der Waals surface area contributed by atoms with Gasteiger partial charge in [0.25, 0.3) is 5.91 Å². The number of nitrogens with one attached hydrogen (secondary N) is 1. The first-order valence-electron chi connectivity index (χ1n) is 8.42. The van der Waals surface area contributed by atoms with Crippen LogP contribution in [0.3, 0.4) is 0 Å². The van der Waals surface area contributed by atoms with E-state index < -0.39 is 0 Å². The standard InChI is InChI=1S/C18H21IN4O2/c1-2-13-9-17(21-11-20-13)23-7-3-4-14(10-23)22-18(25)12-5-6-15(19)16(24)8-12/h5-6,8-9,11,14,24H,2-4,7,10H2,1H3,(H,22,25). The lowest BCUT2D eigenvalue weighted by molar-refractivity contribution is 0.0932. The van der Waals surface area contributed by atoms with E-state index in [1.165, 1.54) is 6.07 Å².